The molecule has 3 heteroatoms. The second kappa shape index (κ2) is 6.74. The van der Waals surface area contributed by atoms with E-state index in [0.717, 1.165) is 18.9 Å². The van der Waals surface area contributed by atoms with Crippen molar-refractivity contribution in [1.29, 1.82) is 0 Å². The van der Waals surface area contributed by atoms with Crippen LogP contribution in [0.15, 0.2) is 0 Å². The molecule has 0 bridgehead atoms. The highest BCUT2D eigenvalue weighted by molar-refractivity contribution is 5.79. The van der Waals surface area contributed by atoms with Crippen LogP contribution in [0.3, 0.4) is 0 Å². The Labute approximate surface area is 117 Å². The minimum absolute atomic E-state index is 0.0435. The van der Waals surface area contributed by atoms with Gasteiger partial charge in [-0.2, -0.15) is 0 Å². The Kier molecular flexibility index (Phi) is 5.26. The predicted octanol–water partition coefficient (Wildman–Crippen LogP) is 2.79. The summed E-state index contributed by atoms with van der Waals surface area (Å²) in [6.07, 6.45) is 8.70. The van der Waals surface area contributed by atoms with Gasteiger partial charge in [0.1, 0.15) is 0 Å². The molecule has 1 saturated carbocycles. The van der Waals surface area contributed by atoms with E-state index in [1.54, 1.807) is 0 Å². The zero-order chi connectivity index (χ0) is 13.8. The van der Waals surface area contributed by atoms with E-state index in [4.69, 9.17) is 5.73 Å². The molecule has 2 atom stereocenters. The van der Waals surface area contributed by atoms with Gasteiger partial charge in [-0.3, -0.25) is 4.79 Å². The largest absolute Gasteiger partial charge is 0.339 e. The molecule has 2 unspecified atom stereocenters. The SMILES string of the molecule is CC(C)CC(CN)C(=O)N1CCCC1C1CCCC1. The summed E-state index contributed by atoms with van der Waals surface area (Å²) in [6.45, 7) is 5.82. The maximum absolute atomic E-state index is 12.7. The van der Waals surface area contributed by atoms with E-state index in [-0.39, 0.29) is 5.92 Å². The molecule has 1 heterocycles. The molecule has 2 rings (SSSR count). The molecule has 1 amide bonds. The standard InChI is InChI=1S/C16H30N2O/c1-12(2)10-14(11-17)16(19)18-9-5-8-15(18)13-6-3-4-7-13/h12-15H,3-11,17H2,1-2H3. The summed E-state index contributed by atoms with van der Waals surface area (Å²) in [7, 11) is 0. The van der Waals surface area contributed by atoms with Crippen LogP contribution in [0.4, 0.5) is 0 Å². The summed E-state index contributed by atoms with van der Waals surface area (Å²) in [4.78, 5) is 14.9. The van der Waals surface area contributed by atoms with Gasteiger partial charge in [0, 0.05) is 19.1 Å². The van der Waals surface area contributed by atoms with E-state index in [0.29, 0.717) is 24.4 Å². The van der Waals surface area contributed by atoms with Crippen LogP contribution in [-0.4, -0.2) is 29.9 Å². The summed E-state index contributed by atoms with van der Waals surface area (Å²) in [5.41, 5.74) is 5.84. The Bertz CT molecular complexity index is 297. The van der Waals surface area contributed by atoms with E-state index in [9.17, 15) is 4.79 Å². The van der Waals surface area contributed by atoms with Crippen molar-refractivity contribution in [3.63, 3.8) is 0 Å². The van der Waals surface area contributed by atoms with Crippen molar-refractivity contribution in [3.05, 3.63) is 0 Å². The van der Waals surface area contributed by atoms with Crippen molar-refractivity contribution < 1.29 is 4.79 Å². The fourth-order valence-corrected chi connectivity index (χ4v) is 4.00. The lowest BCUT2D eigenvalue weighted by atomic mass is 9.92. The van der Waals surface area contributed by atoms with Gasteiger partial charge in [-0.25, -0.2) is 0 Å². The first-order chi connectivity index (χ1) is 9.13. The van der Waals surface area contributed by atoms with Crippen molar-refractivity contribution in [2.24, 2.45) is 23.5 Å². The van der Waals surface area contributed by atoms with E-state index >= 15 is 0 Å². The number of carbonyl (C=O) groups excluding carboxylic acids is 1. The summed E-state index contributed by atoms with van der Waals surface area (Å²) in [5.74, 6) is 1.70. The molecular weight excluding hydrogens is 236 g/mol. The third-order valence-corrected chi connectivity index (χ3v) is 4.92. The van der Waals surface area contributed by atoms with Crippen LogP contribution in [0.5, 0.6) is 0 Å². The fraction of sp³-hybridized carbons (Fsp3) is 0.938. The molecule has 0 aromatic heterocycles. The third kappa shape index (κ3) is 3.50. The van der Waals surface area contributed by atoms with Gasteiger partial charge in [0.15, 0.2) is 0 Å². The molecule has 110 valence electrons. The molecule has 2 aliphatic rings. The average molecular weight is 266 g/mol. The maximum atomic E-state index is 12.7. The van der Waals surface area contributed by atoms with Gasteiger partial charge in [-0.05, 0) is 43.9 Å². The molecule has 0 aromatic rings. The first kappa shape index (κ1) is 14.8. The van der Waals surface area contributed by atoms with E-state index < -0.39 is 0 Å². The second-order valence-corrected chi connectivity index (χ2v) is 6.85. The Balaban J connectivity index is 1.99. The molecule has 1 aliphatic carbocycles. The molecular formula is C16H30N2O. The smallest absolute Gasteiger partial charge is 0.227 e. The number of amides is 1. The van der Waals surface area contributed by atoms with Gasteiger partial charge in [0.25, 0.3) is 0 Å². The number of nitrogens with zero attached hydrogens (tertiary/aromatic N) is 1. The Hall–Kier alpha value is -0.570. The molecule has 19 heavy (non-hydrogen) atoms. The minimum atomic E-state index is 0.0435. The van der Waals surface area contributed by atoms with Crippen LogP contribution in [0.1, 0.15) is 58.8 Å². The van der Waals surface area contributed by atoms with E-state index in [1.807, 2.05) is 0 Å². The van der Waals surface area contributed by atoms with Crippen LogP contribution in [0.25, 0.3) is 0 Å². The van der Waals surface area contributed by atoms with Gasteiger partial charge >= 0.3 is 0 Å². The minimum Gasteiger partial charge on any atom is -0.339 e. The number of hydrogen-bond acceptors (Lipinski definition) is 2. The van der Waals surface area contributed by atoms with Crippen molar-refractivity contribution in [1.82, 2.24) is 4.90 Å². The summed E-state index contributed by atoms with van der Waals surface area (Å²) in [6, 6.07) is 0.524. The van der Waals surface area contributed by atoms with Crippen LogP contribution in [-0.2, 0) is 4.79 Å². The summed E-state index contributed by atoms with van der Waals surface area (Å²) >= 11 is 0. The molecule has 2 fully saturated rings. The highest BCUT2D eigenvalue weighted by Gasteiger charge is 2.37. The van der Waals surface area contributed by atoms with Crippen molar-refractivity contribution in [2.45, 2.75) is 64.8 Å². The van der Waals surface area contributed by atoms with Crippen LogP contribution >= 0.6 is 0 Å². The topological polar surface area (TPSA) is 46.3 Å². The van der Waals surface area contributed by atoms with Gasteiger partial charge in [-0.1, -0.05) is 26.7 Å². The van der Waals surface area contributed by atoms with Crippen molar-refractivity contribution >= 4 is 5.91 Å². The maximum Gasteiger partial charge on any atom is 0.227 e. The molecule has 2 N–H and O–H groups in total. The lowest BCUT2D eigenvalue weighted by Gasteiger charge is -2.32. The molecule has 0 spiro atoms. The molecule has 0 aromatic carbocycles. The Morgan fingerprint density at radius 3 is 2.47 bits per heavy atom. The molecule has 0 radical (unpaired) electrons. The van der Waals surface area contributed by atoms with Crippen molar-refractivity contribution in [3.8, 4) is 0 Å². The monoisotopic (exact) mass is 266 g/mol. The van der Waals surface area contributed by atoms with Crippen LogP contribution < -0.4 is 5.73 Å². The number of hydrogen-bond donors (Lipinski definition) is 1. The molecule has 1 saturated heterocycles. The van der Waals surface area contributed by atoms with Gasteiger partial charge in [-0.15, -0.1) is 0 Å². The van der Waals surface area contributed by atoms with Crippen LogP contribution in [0, 0.1) is 17.8 Å². The lowest BCUT2D eigenvalue weighted by molar-refractivity contribution is -0.137. The third-order valence-electron chi connectivity index (χ3n) is 4.92. The second-order valence-electron chi connectivity index (χ2n) is 6.85. The summed E-state index contributed by atoms with van der Waals surface area (Å²) in [5, 5.41) is 0. The molecule has 3 nitrogen and oxygen atoms in total. The lowest BCUT2D eigenvalue weighted by Crippen LogP contribution is -2.44. The first-order valence-electron chi connectivity index (χ1n) is 8.14. The number of carbonyl (C=O) groups is 1. The van der Waals surface area contributed by atoms with Crippen molar-refractivity contribution in [2.75, 3.05) is 13.1 Å². The quantitative estimate of drug-likeness (QED) is 0.831. The highest BCUT2D eigenvalue weighted by Crippen LogP contribution is 2.36. The average Bonchev–Trinajstić information content (AvgIpc) is 3.03. The fourth-order valence-electron chi connectivity index (χ4n) is 4.00. The summed E-state index contributed by atoms with van der Waals surface area (Å²) < 4.78 is 0. The number of nitrogens with two attached hydrogens (primary N) is 1. The van der Waals surface area contributed by atoms with E-state index in [2.05, 4.69) is 18.7 Å². The molecule has 1 aliphatic heterocycles. The Morgan fingerprint density at radius 1 is 1.21 bits per heavy atom. The van der Waals surface area contributed by atoms with Gasteiger partial charge in [0.2, 0.25) is 5.91 Å². The van der Waals surface area contributed by atoms with Gasteiger partial charge < -0.3 is 10.6 Å². The number of likely N-dealkylation sites (tertiary alicyclic amines) is 1. The predicted molar refractivity (Wildman–Crippen MR) is 78.7 cm³/mol. The zero-order valence-electron chi connectivity index (χ0n) is 12.6. The first-order valence-corrected chi connectivity index (χ1v) is 8.14. The normalized spacial score (nSPS) is 26.3. The van der Waals surface area contributed by atoms with Gasteiger partial charge in [0.05, 0.1) is 5.92 Å². The number of rotatable bonds is 5. The zero-order valence-corrected chi connectivity index (χ0v) is 12.6. The highest BCUT2D eigenvalue weighted by atomic mass is 16.2. The Morgan fingerprint density at radius 2 is 1.89 bits per heavy atom. The van der Waals surface area contributed by atoms with E-state index in [1.165, 1.54) is 38.5 Å². The van der Waals surface area contributed by atoms with Crippen LogP contribution in [0.2, 0.25) is 0 Å².